The smallest absolute Gasteiger partial charge is 0.0370 e. The largest absolute Gasteiger partial charge is 0.384 e. The van der Waals surface area contributed by atoms with Gasteiger partial charge in [-0.3, -0.25) is 0 Å². The van der Waals surface area contributed by atoms with E-state index in [0.717, 1.165) is 11.0 Å². The van der Waals surface area contributed by atoms with E-state index in [0.29, 0.717) is 11.8 Å². The zero-order chi connectivity index (χ0) is 14.5. The highest BCUT2D eigenvalue weighted by molar-refractivity contribution is 9.10. The van der Waals surface area contributed by atoms with Gasteiger partial charge in [-0.1, -0.05) is 60.1 Å². The minimum Gasteiger partial charge on any atom is -0.384 e. The van der Waals surface area contributed by atoms with Crippen LogP contribution in [0.4, 0.5) is 5.69 Å². The highest BCUT2D eigenvalue weighted by atomic mass is 79.9. The number of anilines is 1. The molecule has 0 amide bonds. The summed E-state index contributed by atoms with van der Waals surface area (Å²) in [7, 11) is 0. The summed E-state index contributed by atoms with van der Waals surface area (Å²) < 4.78 is 1.13. The van der Waals surface area contributed by atoms with E-state index in [2.05, 4.69) is 90.5 Å². The predicted molar refractivity (Wildman–Crippen MR) is 91.4 cm³/mol. The Morgan fingerprint density at radius 2 is 1.75 bits per heavy atom. The van der Waals surface area contributed by atoms with Gasteiger partial charge in [-0.2, -0.15) is 0 Å². The molecule has 0 saturated carbocycles. The van der Waals surface area contributed by atoms with Crippen LogP contribution in [0.1, 0.15) is 30.9 Å². The molecule has 2 aromatic carbocycles. The van der Waals surface area contributed by atoms with E-state index in [1.54, 1.807) is 0 Å². The van der Waals surface area contributed by atoms with Gasteiger partial charge in [-0.05, 0) is 42.2 Å². The minimum absolute atomic E-state index is 0.527. The van der Waals surface area contributed by atoms with Crippen LogP contribution in [0.15, 0.2) is 53.0 Å². The third-order valence-electron chi connectivity index (χ3n) is 3.73. The molecule has 2 rings (SSSR count). The summed E-state index contributed by atoms with van der Waals surface area (Å²) in [5.74, 6) is 1.14. The first-order valence-corrected chi connectivity index (χ1v) is 7.92. The molecule has 0 aliphatic rings. The standard InChI is InChI=1S/C18H22BrN/c1-13(2)17(15-7-5-4-6-8-15)12-20-18-10-9-16(19)11-14(18)3/h4-11,13,17,20H,12H2,1-3H3. The summed E-state index contributed by atoms with van der Waals surface area (Å²) in [6.07, 6.45) is 0. The van der Waals surface area contributed by atoms with Gasteiger partial charge in [0.15, 0.2) is 0 Å². The Bertz CT molecular complexity index is 549. The number of nitrogens with one attached hydrogen (secondary N) is 1. The second-order valence-corrected chi connectivity index (χ2v) is 6.52. The molecule has 0 radical (unpaired) electrons. The van der Waals surface area contributed by atoms with Gasteiger partial charge >= 0.3 is 0 Å². The average Bonchev–Trinajstić information content (AvgIpc) is 2.42. The maximum Gasteiger partial charge on any atom is 0.0370 e. The van der Waals surface area contributed by atoms with Gasteiger partial charge in [-0.25, -0.2) is 0 Å². The van der Waals surface area contributed by atoms with Gasteiger partial charge in [0.05, 0.1) is 0 Å². The highest BCUT2D eigenvalue weighted by Crippen LogP contribution is 2.26. The molecule has 20 heavy (non-hydrogen) atoms. The van der Waals surface area contributed by atoms with Crippen molar-refractivity contribution in [2.24, 2.45) is 5.92 Å². The van der Waals surface area contributed by atoms with Gasteiger partial charge in [0.2, 0.25) is 0 Å². The molecule has 2 aromatic rings. The molecule has 0 saturated heterocycles. The quantitative estimate of drug-likeness (QED) is 0.750. The molecule has 0 spiro atoms. The molecule has 1 atom stereocenters. The summed E-state index contributed by atoms with van der Waals surface area (Å²) >= 11 is 3.51. The fourth-order valence-electron chi connectivity index (χ4n) is 2.48. The summed E-state index contributed by atoms with van der Waals surface area (Å²) in [6, 6.07) is 17.1. The van der Waals surface area contributed by atoms with Gasteiger partial charge in [0, 0.05) is 22.6 Å². The van der Waals surface area contributed by atoms with Crippen LogP contribution >= 0.6 is 15.9 Å². The van der Waals surface area contributed by atoms with E-state index in [1.807, 2.05) is 0 Å². The zero-order valence-corrected chi connectivity index (χ0v) is 13.9. The number of halogens is 1. The van der Waals surface area contributed by atoms with Crippen LogP contribution < -0.4 is 5.32 Å². The molecular weight excluding hydrogens is 310 g/mol. The van der Waals surface area contributed by atoms with E-state index in [4.69, 9.17) is 0 Å². The number of hydrogen-bond acceptors (Lipinski definition) is 1. The van der Waals surface area contributed by atoms with Gasteiger partial charge in [-0.15, -0.1) is 0 Å². The third kappa shape index (κ3) is 3.86. The molecule has 0 fully saturated rings. The van der Waals surface area contributed by atoms with Crippen molar-refractivity contribution in [1.82, 2.24) is 0 Å². The molecule has 0 aliphatic carbocycles. The Morgan fingerprint density at radius 1 is 1.05 bits per heavy atom. The SMILES string of the molecule is Cc1cc(Br)ccc1NCC(c1ccccc1)C(C)C. The summed E-state index contributed by atoms with van der Waals surface area (Å²) in [6.45, 7) is 7.67. The molecule has 0 aliphatic heterocycles. The fourth-order valence-corrected chi connectivity index (χ4v) is 2.96. The Morgan fingerprint density at radius 3 is 2.35 bits per heavy atom. The Kier molecular flexibility index (Phi) is 5.24. The fraction of sp³-hybridized carbons (Fsp3) is 0.333. The maximum atomic E-state index is 3.60. The summed E-state index contributed by atoms with van der Waals surface area (Å²) in [5, 5.41) is 3.60. The zero-order valence-electron chi connectivity index (χ0n) is 12.4. The third-order valence-corrected chi connectivity index (χ3v) is 4.23. The second-order valence-electron chi connectivity index (χ2n) is 5.60. The van der Waals surface area contributed by atoms with E-state index in [-0.39, 0.29) is 0 Å². The topological polar surface area (TPSA) is 12.0 Å². The molecular formula is C18H22BrN. The highest BCUT2D eigenvalue weighted by Gasteiger charge is 2.15. The minimum atomic E-state index is 0.527. The normalized spacial score (nSPS) is 12.4. The lowest BCUT2D eigenvalue weighted by Gasteiger charge is -2.23. The first-order chi connectivity index (χ1) is 9.58. The monoisotopic (exact) mass is 331 g/mol. The average molecular weight is 332 g/mol. The lowest BCUT2D eigenvalue weighted by atomic mass is 9.88. The van der Waals surface area contributed by atoms with Crippen molar-refractivity contribution in [2.45, 2.75) is 26.7 Å². The maximum absolute atomic E-state index is 3.60. The van der Waals surface area contributed by atoms with Gasteiger partial charge < -0.3 is 5.32 Å². The Hall–Kier alpha value is -1.28. The van der Waals surface area contributed by atoms with Crippen LogP contribution in [0, 0.1) is 12.8 Å². The predicted octanol–water partition coefficient (Wildman–Crippen LogP) is 5.61. The van der Waals surface area contributed by atoms with Crippen molar-refractivity contribution in [3.8, 4) is 0 Å². The van der Waals surface area contributed by atoms with Crippen molar-refractivity contribution in [3.05, 3.63) is 64.1 Å². The number of rotatable bonds is 5. The molecule has 106 valence electrons. The molecule has 0 heterocycles. The van der Waals surface area contributed by atoms with Crippen LogP contribution in [0.2, 0.25) is 0 Å². The first-order valence-electron chi connectivity index (χ1n) is 7.13. The summed E-state index contributed by atoms with van der Waals surface area (Å²) in [5.41, 5.74) is 3.90. The van der Waals surface area contributed by atoms with Crippen molar-refractivity contribution in [3.63, 3.8) is 0 Å². The number of aryl methyl sites for hydroxylation is 1. The van der Waals surface area contributed by atoms with Crippen molar-refractivity contribution < 1.29 is 0 Å². The lowest BCUT2D eigenvalue weighted by Crippen LogP contribution is -2.18. The molecule has 0 aromatic heterocycles. The van der Waals surface area contributed by atoms with E-state index < -0.39 is 0 Å². The van der Waals surface area contributed by atoms with Crippen molar-refractivity contribution in [1.29, 1.82) is 0 Å². The van der Waals surface area contributed by atoms with Crippen LogP contribution in [0.5, 0.6) is 0 Å². The number of benzene rings is 2. The van der Waals surface area contributed by atoms with Crippen LogP contribution in [-0.4, -0.2) is 6.54 Å². The lowest BCUT2D eigenvalue weighted by molar-refractivity contribution is 0.517. The van der Waals surface area contributed by atoms with Gasteiger partial charge in [0.25, 0.3) is 0 Å². The van der Waals surface area contributed by atoms with Crippen molar-refractivity contribution >= 4 is 21.6 Å². The molecule has 0 bridgehead atoms. The van der Waals surface area contributed by atoms with Crippen molar-refractivity contribution in [2.75, 3.05) is 11.9 Å². The van der Waals surface area contributed by atoms with Crippen LogP contribution in [0.3, 0.4) is 0 Å². The molecule has 1 unspecified atom stereocenters. The number of hydrogen-bond donors (Lipinski definition) is 1. The Balaban J connectivity index is 2.10. The molecule has 1 nitrogen and oxygen atoms in total. The molecule has 1 N–H and O–H groups in total. The van der Waals surface area contributed by atoms with Crippen LogP contribution in [-0.2, 0) is 0 Å². The van der Waals surface area contributed by atoms with E-state index >= 15 is 0 Å². The van der Waals surface area contributed by atoms with Gasteiger partial charge in [0.1, 0.15) is 0 Å². The summed E-state index contributed by atoms with van der Waals surface area (Å²) in [4.78, 5) is 0. The van der Waals surface area contributed by atoms with E-state index in [1.165, 1.54) is 16.8 Å². The van der Waals surface area contributed by atoms with E-state index in [9.17, 15) is 0 Å². The second kappa shape index (κ2) is 6.94. The van der Waals surface area contributed by atoms with Crippen LogP contribution in [0.25, 0.3) is 0 Å². The Labute approximate surface area is 130 Å². The molecule has 2 heteroatoms. The first kappa shape index (κ1) is 15.1.